The van der Waals surface area contributed by atoms with Gasteiger partial charge in [0.2, 0.25) is 0 Å². The first-order valence-electron chi connectivity index (χ1n) is 1.24. The van der Waals surface area contributed by atoms with Gasteiger partial charge in [-0.1, -0.05) is 0 Å². The molecule has 0 heterocycles. The maximum Gasteiger partial charge on any atom is 0.417 e. The molecule has 0 saturated heterocycles. The van der Waals surface area contributed by atoms with E-state index in [0.717, 1.165) is 0 Å². The smallest absolute Gasteiger partial charge is 0.417 e. The molecule has 1 N–H and O–H groups in total. The predicted octanol–water partition coefficient (Wildman–Crippen LogP) is 0.522. The number of carbonyl (C=O) groups is 1. The number of halogens is 3. The number of aliphatic carboxylic acids is 1. The van der Waals surface area contributed by atoms with Gasteiger partial charge in [0.1, 0.15) is 0 Å². The van der Waals surface area contributed by atoms with Crippen LogP contribution in [0.1, 0.15) is 0 Å². The summed E-state index contributed by atoms with van der Waals surface area (Å²) in [6.07, 6.45) is 0. The van der Waals surface area contributed by atoms with Crippen molar-refractivity contribution in [2.45, 2.75) is 5.38 Å². The van der Waals surface area contributed by atoms with Crippen molar-refractivity contribution in [1.82, 2.24) is 0 Å². The van der Waals surface area contributed by atoms with Gasteiger partial charge in [0, 0.05) is 18.9 Å². The van der Waals surface area contributed by atoms with E-state index in [1.54, 1.807) is 0 Å². The fraction of sp³-hybridized carbons (Fsp3) is 0.500. The van der Waals surface area contributed by atoms with Crippen molar-refractivity contribution in [3.05, 3.63) is 0 Å². The third-order valence-electron chi connectivity index (χ3n) is 0.243. The normalized spacial score (nSPS) is 9.88. The molecule has 0 bridgehead atoms. The predicted molar refractivity (Wildman–Crippen MR) is 24.2 cm³/mol. The summed E-state index contributed by atoms with van der Waals surface area (Å²) < 4.78 is 22.0. The molecule has 0 atom stereocenters. The molecule has 0 aliphatic heterocycles. The topological polar surface area (TPSA) is 37.3 Å². The zero-order chi connectivity index (χ0) is 6.08. The van der Waals surface area contributed by atoms with Gasteiger partial charge < -0.3 is 5.11 Å². The minimum absolute atomic E-state index is 0. The van der Waals surface area contributed by atoms with Crippen molar-refractivity contribution in [2.75, 3.05) is 0 Å². The Balaban J connectivity index is 0. The number of hydrogen-bond acceptors (Lipinski definition) is 1. The Morgan fingerprint density at radius 3 is 1.75 bits per heavy atom. The zero-order valence-electron chi connectivity index (χ0n) is 3.99. The molecule has 0 spiro atoms. The van der Waals surface area contributed by atoms with E-state index in [0.29, 0.717) is 0 Å². The van der Waals surface area contributed by atoms with E-state index in [9.17, 15) is 8.78 Å². The second-order valence-corrected chi connectivity index (χ2v) is 1.28. The van der Waals surface area contributed by atoms with Crippen molar-refractivity contribution in [3.8, 4) is 0 Å². The third kappa shape index (κ3) is 4.38. The van der Waals surface area contributed by atoms with Crippen LogP contribution in [-0.4, -0.2) is 35.3 Å². The molecule has 0 aliphatic rings. The van der Waals surface area contributed by atoms with E-state index >= 15 is 0 Å². The second kappa shape index (κ2) is 3.28. The van der Waals surface area contributed by atoms with Gasteiger partial charge in [-0.2, -0.15) is 8.78 Å². The van der Waals surface area contributed by atoms with Gasteiger partial charge in [0.05, 0.1) is 0 Å². The Labute approximate surface area is 61.0 Å². The molecule has 0 fully saturated rings. The Morgan fingerprint density at radius 1 is 1.62 bits per heavy atom. The summed E-state index contributed by atoms with van der Waals surface area (Å²) >= 11 is 3.94. The quantitative estimate of drug-likeness (QED) is 0.423. The van der Waals surface area contributed by atoms with Crippen LogP contribution in [0.2, 0.25) is 0 Å². The molecule has 8 heavy (non-hydrogen) atoms. The van der Waals surface area contributed by atoms with Crippen molar-refractivity contribution >= 4 is 36.4 Å². The second-order valence-electron chi connectivity index (χ2n) is 0.803. The van der Waals surface area contributed by atoms with Crippen molar-refractivity contribution in [2.24, 2.45) is 0 Å². The van der Waals surface area contributed by atoms with Crippen LogP contribution >= 0.6 is 11.6 Å². The average Bonchev–Trinajstić information content (AvgIpc) is 1.31. The minimum Gasteiger partial charge on any atom is -0.476 e. The van der Waals surface area contributed by atoms with E-state index in [1.807, 2.05) is 0 Å². The Hall–Kier alpha value is 0.217. The molecule has 0 rings (SSSR count). The monoisotopic (exact) mass is 137 g/mol. The van der Waals surface area contributed by atoms with Crippen LogP contribution < -0.4 is 0 Å². The average molecular weight is 137 g/mol. The molecular weight excluding hydrogens is 136 g/mol. The van der Waals surface area contributed by atoms with Gasteiger partial charge >= 0.3 is 11.4 Å². The van der Waals surface area contributed by atoms with Gasteiger partial charge in [0.25, 0.3) is 0 Å². The Kier molecular flexibility index (Phi) is 4.55. The van der Waals surface area contributed by atoms with Crippen LogP contribution in [0.15, 0.2) is 0 Å². The fourth-order valence-corrected chi connectivity index (χ4v) is 0. The summed E-state index contributed by atoms with van der Waals surface area (Å²) in [4.78, 5) is 9.14. The molecule has 0 aromatic rings. The number of rotatable bonds is 1. The summed E-state index contributed by atoms with van der Waals surface area (Å²) in [5.41, 5.74) is 0. The molecule has 0 aromatic carbocycles. The summed E-state index contributed by atoms with van der Waals surface area (Å²) in [7, 11) is 0. The number of carboxylic acid groups (broad SMARTS) is 1. The van der Waals surface area contributed by atoms with Crippen LogP contribution in [0.25, 0.3) is 0 Å². The molecule has 0 amide bonds. The van der Waals surface area contributed by atoms with Crippen molar-refractivity contribution < 1.29 is 18.7 Å². The number of hydrogen-bond donors (Lipinski definition) is 1. The summed E-state index contributed by atoms with van der Waals surface area (Å²) in [6, 6.07) is 0. The van der Waals surface area contributed by atoms with Crippen LogP contribution in [0.3, 0.4) is 0 Å². The molecule has 1 radical (unpaired) electrons. The Bertz CT molecular complexity index is 90.5. The Morgan fingerprint density at radius 2 is 1.75 bits per heavy atom. The van der Waals surface area contributed by atoms with E-state index in [1.165, 1.54) is 0 Å². The zero-order valence-corrected chi connectivity index (χ0v) is 4.75. The van der Waals surface area contributed by atoms with Crippen LogP contribution in [0, 0.1) is 0 Å². The van der Waals surface area contributed by atoms with E-state index in [2.05, 4.69) is 11.6 Å². The molecule has 2 nitrogen and oxygen atoms in total. The molecule has 0 saturated carbocycles. The number of alkyl halides is 3. The molecule has 6 heteroatoms. The number of carboxylic acids is 1. The molecular formula is C2HClF2LiO2. The van der Waals surface area contributed by atoms with E-state index in [4.69, 9.17) is 9.90 Å². The van der Waals surface area contributed by atoms with E-state index in [-0.39, 0.29) is 18.9 Å². The largest absolute Gasteiger partial charge is 0.476 e. The third-order valence-corrected chi connectivity index (χ3v) is 0.404. The first kappa shape index (κ1) is 11.1. The van der Waals surface area contributed by atoms with Gasteiger partial charge in [-0.3, -0.25) is 0 Å². The minimum atomic E-state index is -4.11. The first-order valence-corrected chi connectivity index (χ1v) is 1.62. The SMILES string of the molecule is O=C(O)C(F)(F)Cl.[Li]. The summed E-state index contributed by atoms with van der Waals surface area (Å²) in [6.45, 7) is 0. The summed E-state index contributed by atoms with van der Waals surface area (Å²) in [5, 5.41) is 3.26. The maximum absolute atomic E-state index is 11.0. The standard InChI is InChI=1S/C2HClF2O2.Li/c3-2(4,5)1(6)7;/h(H,6,7);. The van der Waals surface area contributed by atoms with Gasteiger partial charge in [0.15, 0.2) is 0 Å². The van der Waals surface area contributed by atoms with Crippen molar-refractivity contribution in [3.63, 3.8) is 0 Å². The van der Waals surface area contributed by atoms with Gasteiger partial charge in [-0.05, 0) is 11.6 Å². The van der Waals surface area contributed by atoms with Gasteiger partial charge in [-0.25, -0.2) is 4.79 Å². The van der Waals surface area contributed by atoms with Crippen LogP contribution in [-0.2, 0) is 4.79 Å². The van der Waals surface area contributed by atoms with E-state index < -0.39 is 11.4 Å². The maximum atomic E-state index is 11.0. The van der Waals surface area contributed by atoms with Crippen molar-refractivity contribution in [1.29, 1.82) is 0 Å². The van der Waals surface area contributed by atoms with Crippen LogP contribution in [0.4, 0.5) is 8.78 Å². The van der Waals surface area contributed by atoms with Crippen LogP contribution in [0.5, 0.6) is 0 Å². The fourth-order valence-electron chi connectivity index (χ4n) is 0. The first-order chi connectivity index (χ1) is 2.94. The van der Waals surface area contributed by atoms with Gasteiger partial charge in [-0.15, -0.1) is 0 Å². The molecule has 0 unspecified atom stereocenters. The molecule has 0 aromatic heterocycles. The molecule has 0 aliphatic carbocycles. The molecule has 43 valence electrons. The summed E-state index contributed by atoms with van der Waals surface area (Å²) in [5.74, 6) is -2.32.